The van der Waals surface area contributed by atoms with E-state index >= 15 is 0 Å². The lowest BCUT2D eigenvalue weighted by molar-refractivity contribution is -0.117. The first-order valence-electron chi connectivity index (χ1n) is 8.50. The van der Waals surface area contributed by atoms with Gasteiger partial charge in [-0.05, 0) is 55.0 Å². The average molecular weight is 391 g/mol. The van der Waals surface area contributed by atoms with Gasteiger partial charge in [0.05, 0.1) is 6.54 Å². The molecule has 1 aliphatic heterocycles. The largest absolute Gasteiger partial charge is 0.376 e. The monoisotopic (exact) mass is 391 g/mol. The van der Waals surface area contributed by atoms with Crippen molar-refractivity contribution in [2.45, 2.75) is 23.5 Å². The van der Waals surface area contributed by atoms with E-state index in [1.807, 2.05) is 12.1 Å². The zero-order valence-corrected chi connectivity index (χ0v) is 15.3. The minimum atomic E-state index is -2.45. The van der Waals surface area contributed by atoms with Crippen LogP contribution in [-0.4, -0.2) is 30.7 Å². The minimum Gasteiger partial charge on any atom is -0.376 e. The number of hydrogen-bond acceptors (Lipinski definition) is 4. The Kier molecular flexibility index (Phi) is 6.28. The molecule has 0 saturated carbocycles. The van der Waals surface area contributed by atoms with Gasteiger partial charge in [0.2, 0.25) is 11.8 Å². The fraction of sp³-hybridized carbons (Fsp3) is 0.263. The van der Waals surface area contributed by atoms with Crippen LogP contribution in [0, 0.1) is 0 Å². The van der Waals surface area contributed by atoms with E-state index in [0.29, 0.717) is 34.5 Å². The molecule has 1 saturated heterocycles. The Labute approximate surface area is 160 Å². The van der Waals surface area contributed by atoms with Gasteiger partial charge in [0, 0.05) is 34.9 Å². The molecule has 1 heterocycles. The summed E-state index contributed by atoms with van der Waals surface area (Å²) in [6, 6.07) is 13.6. The highest BCUT2D eigenvalue weighted by atomic mass is 32.2. The third kappa shape index (κ3) is 5.43. The van der Waals surface area contributed by atoms with Gasteiger partial charge in [-0.2, -0.15) is 8.78 Å². The van der Waals surface area contributed by atoms with Gasteiger partial charge in [0.1, 0.15) is 0 Å². The van der Waals surface area contributed by atoms with Crippen molar-refractivity contribution >= 4 is 40.6 Å². The molecule has 0 bridgehead atoms. The summed E-state index contributed by atoms with van der Waals surface area (Å²) in [5.41, 5.74) is 2.14. The van der Waals surface area contributed by atoms with E-state index in [1.165, 1.54) is 0 Å². The molecule has 1 fully saturated rings. The lowest BCUT2D eigenvalue weighted by Gasteiger charge is -2.16. The summed E-state index contributed by atoms with van der Waals surface area (Å²) in [5, 5.41) is 5.72. The Bertz CT molecular complexity index is 798. The topological polar surface area (TPSA) is 61.4 Å². The van der Waals surface area contributed by atoms with Crippen LogP contribution in [0.3, 0.4) is 0 Å². The van der Waals surface area contributed by atoms with Gasteiger partial charge in [-0.3, -0.25) is 9.59 Å². The first kappa shape index (κ1) is 19.2. The van der Waals surface area contributed by atoms with Crippen LogP contribution in [0.2, 0.25) is 0 Å². The van der Waals surface area contributed by atoms with E-state index < -0.39 is 5.76 Å². The fourth-order valence-corrected chi connectivity index (χ4v) is 3.29. The molecule has 142 valence electrons. The Hall–Kier alpha value is -2.61. The molecule has 27 heavy (non-hydrogen) atoms. The van der Waals surface area contributed by atoms with Gasteiger partial charge in [0.15, 0.2) is 0 Å². The van der Waals surface area contributed by atoms with Gasteiger partial charge in [0.25, 0.3) is 5.76 Å². The Morgan fingerprint density at radius 1 is 1.07 bits per heavy atom. The highest BCUT2D eigenvalue weighted by molar-refractivity contribution is 7.99. The summed E-state index contributed by atoms with van der Waals surface area (Å²) in [4.78, 5) is 26.0. The molecule has 0 spiro atoms. The predicted molar refractivity (Wildman–Crippen MR) is 103 cm³/mol. The number of rotatable bonds is 7. The predicted octanol–water partition coefficient (Wildman–Crippen LogP) is 4.18. The smallest absolute Gasteiger partial charge is 0.288 e. The number of thioether (sulfide) groups is 1. The van der Waals surface area contributed by atoms with Crippen molar-refractivity contribution in [3.8, 4) is 0 Å². The van der Waals surface area contributed by atoms with Crippen molar-refractivity contribution in [2.75, 3.05) is 28.6 Å². The molecule has 0 unspecified atom stereocenters. The van der Waals surface area contributed by atoms with Crippen molar-refractivity contribution in [3.05, 3.63) is 48.5 Å². The number of halogens is 2. The quantitative estimate of drug-likeness (QED) is 0.695. The number of nitrogens with zero attached hydrogens (tertiary/aromatic N) is 1. The molecule has 1 aliphatic rings. The second-order valence-corrected chi connectivity index (χ2v) is 7.06. The van der Waals surface area contributed by atoms with E-state index in [0.717, 1.165) is 18.7 Å². The Morgan fingerprint density at radius 3 is 2.33 bits per heavy atom. The van der Waals surface area contributed by atoms with Gasteiger partial charge < -0.3 is 15.5 Å². The first-order chi connectivity index (χ1) is 13.0. The van der Waals surface area contributed by atoms with E-state index in [1.54, 1.807) is 41.3 Å². The summed E-state index contributed by atoms with van der Waals surface area (Å²) >= 11 is 0.479. The molecule has 2 amide bonds. The number of benzene rings is 2. The summed E-state index contributed by atoms with van der Waals surface area (Å²) in [7, 11) is 0. The van der Waals surface area contributed by atoms with Crippen LogP contribution in [-0.2, 0) is 9.59 Å². The summed E-state index contributed by atoms with van der Waals surface area (Å²) < 4.78 is 24.6. The van der Waals surface area contributed by atoms with Gasteiger partial charge >= 0.3 is 0 Å². The Morgan fingerprint density at radius 2 is 1.74 bits per heavy atom. The van der Waals surface area contributed by atoms with Crippen LogP contribution in [0.4, 0.5) is 25.8 Å². The number of carbonyl (C=O) groups is 2. The van der Waals surface area contributed by atoms with E-state index in [2.05, 4.69) is 10.6 Å². The summed E-state index contributed by atoms with van der Waals surface area (Å²) in [6.45, 7) is 0.775. The summed E-state index contributed by atoms with van der Waals surface area (Å²) in [5.74, 6) is -2.57. The van der Waals surface area contributed by atoms with Crippen LogP contribution in [0.15, 0.2) is 53.4 Å². The van der Waals surface area contributed by atoms with Gasteiger partial charge in [-0.1, -0.05) is 11.8 Å². The van der Waals surface area contributed by atoms with Crippen molar-refractivity contribution in [3.63, 3.8) is 0 Å². The molecule has 2 N–H and O–H groups in total. The van der Waals surface area contributed by atoms with E-state index in [-0.39, 0.29) is 18.4 Å². The highest BCUT2D eigenvalue weighted by Gasteiger charge is 2.21. The number of alkyl halides is 2. The Balaban J connectivity index is 1.48. The minimum absolute atomic E-state index is 0.0493. The van der Waals surface area contributed by atoms with Gasteiger partial charge in [-0.15, -0.1) is 0 Å². The number of nitrogens with one attached hydrogen (secondary N) is 2. The third-order valence-electron chi connectivity index (χ3n) is 4.07. The molecule has 5 nitrogen and oxygen atoms in total. The van der Waals surface area contributed by atoms with Crippen LogP contribution in [0.25, 0.3) is 0 Å². The molecule has 2 aromatic carbocycles. The lowest BCUT2D eigenvalue weighted by Crippen LogP contribution is -2.24. The summed E-state index contributed by atoms with van der Waals surface area (Å²) in [6.07, 6.45) is 1.44. The zero-order chi connectivity index (χ0) is 19.2. The molecule has 0 aromatic heterocycles. The van der Waals surface area contributed by atoms with Gasteiger partial charge in [-0.25, -0.2) is 0 Å². The van der Waals surface area contributed by atoms with Crippen molar-refractivity contribution < 1.29 is 18.4 Å². The van der Waals surface area contributed by atoms with E-state index in [4.69, 9.17) is 0 Å². The average Bonchev–Trinajstić information content (AvgIpc) is 3.07. The van der Waals surface area contributed by atoms with E-state index in [9.17, 15) is 18.4 Å². The number of carbonyl (C=O) groups excluding carboxylic acids is 2. The molecule has 2 aromatic rings. The second kappa shape index (κ2) is 8.85. The van der Waals surface area contributed by atoms with Crippen LogP contribution < -0.4 is 15.5 Å². The maximum atomic E-state index is 12.3. The zero-order valence-electron chi connectivity index (χ0n) is 14.5. The molecule has 3 rings (SSSR count). The van der Waals surface area contributed by atoms with Crippen LogP contribution in [0.5, 0.6) is 0 Å². The normalized spacial score (nSPS) is 13.9. The first-order valence-corrected chi connectivity index (χ1v) is 9.38. The molecule has 0 radical (unpaired) electrons. The number of amides is 2. The van der Waals surface area contributed by atoms with Crippen LogP contribution >= 0.6 is 11.8 Å². The van der Waals surface area contributed by atoms with Crippen molar-refractivity contribution in [1.29, 1.82) is 0 Å². The number of anilines is 3. The second-order valence-electron chi connectivity index (χ2n) is 6.00. The molecular weight excluding hydrogens is 372 g/mol. The molecular formula is C19H19F2N3O2S. The fourth-order valence-electron chi connectivity index (χ4n) is 2.79. The maximum Gasteiger partial charge on any atom is 0.288 e. The standard InChI is InChI=1S/C19H19F2N3O2S/c20-19(21)27-16-9-5-13(6-10-16)22-12-17(25)23-14-3-7-15(8-4-14)24-11-1-2-18(24)26/h3-10,19,22H,1-2,11-12H2,(H,23,25). The lowest BCUT2D eigenvalue weighted by atomic mass is 10.2. The van der Waals surface area contributed by atoms with Crippen LogP contribution in [0.1, 0.15) is 12.8 Å². The third-order valence-corrected chi connectivity index (χ3v) is 4.79. The van der Waals surface area contributed by atoms with Crippen molar-refractivity contribution in [2.24, 2.45) is 0 Å². The number of hydrogen-bond donors (Lipinski definition) is 2. The highest BCUT2D eigenvalue weighted by Crippen LogP contribution is 2.26. The molecule has 0 atom stereocenters. The maximum absolute atomic E-state index is 12.3. The molecule has 8 heteroatoms. The SMILES string of the molecule is O=C(CNc1ccc(SC(F)F)cc1)Nc1ccc(N2CCCC2=O)cc1. The van der Waals surface area contributed by atoms with Crippen molar-refractivity contribution in [1.82, 2.24) is 0 Å². The molecule has 0 aliphatic carbocycles.